The lowest BCUT2D eigenvalue weighted by molar-refractivity contribution is -0.375. The summed E-state index contributed by atoms with van der Waals surface area (Å²) in [6.07, 6.45) is 0.928. The monoisotopic (exact) mass is 1100 g/mol. The highest BCUT2D eigenvalue weighted by molar-refractivity contribution is 8.00. The fourth-order valence-electron chi connectivity index (χ4n) is 7.10. The summed E-state index contributed by atoms with van der Waals surface area (Å²) in [5.74, 6) is -1.84. The van der Waals surface area contributed by atoms with E-state index in [4.69, 9.17) is 33.0 Å². The summed E-state index contributed by atoms with van der Waals surface area (Å²) in [4.78, 5) is 105. The maximum absolute atomic E-state index is 13.5. The molecule has 2 saturated heterocycles. The normalized spacial score (nSPS) is 20.1. The molecule has 8 N–H and O–H groups in total. The Labute approximate surface area is 440 Å². The number of amides is 7. The minimum Gasteiger partial charge on any atom is -0.379 e. The third kappa shape index (κ3) is 28.7. The van der Waals surface area contributed by atoms with Gasteiger partial charge in [-0.3, -0.25) is 47.9 Å². The van der Waals surface area contributed by atoms with Crippen LogP contribution < -0.4 is 26.6 Å². The van der Waals surface area contributed by atoms with Crippen molar-refractivity contribution in [2.75, 3.05) is 111 Å². The maximum atomic E-state index is 13.5. The van der Waals surface area contributed by atoms with Crippen LogP contribution in [-0.2, 0) is 71.2 Å². The van der Waals surface area contributed by atoms with E-state index >= 15 is 0 Å². The van der Waals surface area contributed by atoms with Crippen molar-refractivity contribution in [3.63, 3.8) is 0 Å². The van der Waals surface area contributed by atoms with Crippen LogP contribution in [0.2, 0.25) is 0 Å². The zero-order valence-corrected chi connectivity index (χ0v) is 45.8. The Morgan fingerprint density at radius 1 is 0.689 bits per heavy atom. The van der Waals surface area contributed by atoms with E-state index in [2.05, 4.69) is 26.6 Å². The van der Waals surface area contributed by atoms with E-state index in [0.717, 1.165) is 55.2 Å². The molecule has 0 aromatic rings. The molecule has 2 fully saturated rings. The van der Waals surface area contributed by atoms with Gasteiger partial charge in [0, 0.05) is 77.9 Å². The first kappa shape index (κ1) is 66.7. The second-order valence-electron chi connectivity index (χ2n) is 18.1. The van der Waals surface area contributed by atoms with E-state index in [9.17, 15) is 53.2 Å². The van der Waals surface area contributed by atoms with Gasteiger partial charge in [-0.05, 0) is 38.4 Å². The summed E-state index contributed by atoms with van der Waals surface area (Å²) in [5, 5.41) is 35.5. The van der Waals surface area contributed by atoms with Crippen molar-refractivity contribution in [2.24, 2.45) is 0 Å². The van der Waals surface area contributed by atoms with E-state index in [1.807, 2.05) is 20.8 Å². The lowest BCUT2D eigenvalue weighted by Crippen LogP contribution is -2.61. The molecule has 27 heteroatoms. The highest BCUT2D eigenvalue weighted by atomic mass is 32.2. The van der Waals surface area contributed by atoms with Crippen molar-refractivity contribution in [1.82, 2.24) is 36.5 Å². The number of carbonyl (C=O) groups excluding carboxylic acids is 7. The average Bonchev–Trinajstić information content (AvgIpc) is 3.62. The number of unbranched alkanes of at least 4 members (excludes halogenated alkanes) is 3. The predicted octanol–water partition coefficient (Wildman–Crippen LogP) is 0.464. The molecule has 2 aliphatic rings. The molecule has 0 aromatic carbocycles. The number of nitrogens with zero attached hydrogens (tertiary/aromatic N) is 2. The van der Waals surface area contributed by atoms with Gasteiger partial charge < -0.3 is 69.9 Å². The molecule has 428 valence electrons. The van der Waals surface area contributed by atoms with Crippen LogP contribution >= 0.6 is 19.4 Å². The first-order valence-corrected chi connectivity index (χ1v) is 28.9. The van der Waals surface area contributed by atoms with Crippen LogP contribution in [0.4, 0.5) is 0 Å². The standard InChI is InChI=1S/C47H86N7O18PS/c1-6-9-18-48-39(56)14-25-67-32-47(33-68-26-15-40(57)49-19-10-7-2,34-69-27-16-41(58)50-20-11-8-3)52-42(59)17-24-66-28-21-51-38(55)13-22-53-43(60)30-37(46(53)63)74-29-12-23-70-54-44(61)35(4)72-36(45(54)62)31-71-73(5,64)65/h35-37,44-45,61-62H,6-34H2,1-5H3,(H,48,56)(H,49,57)(H,50,58)(H,51,55)(H,52,59)(H,64,65). The molecular weight excluding hydrogens is 1010 g/mol. The van der Waals surface area contributed by atoms with E-state index in [0.29, 0.717) is 31.8 Å². The lowest BCUT2D eigenvalue weighted by atomic mass is 10.0. The summed E-state index contributed by atoms with van der Waals surface area (Å²) in [5.41, 5.74) is -1.28. The largest absolute Gasteiger partial charge is 0.379 e. The van der Waals surface area contributed by atoms with Gasteiger partial charge in [-0.25, -0.2) is 0 Å². The van der Waals surface area contributed by atoms with Crippen molar-refractivity contribution in [3.05, 3.63) is 0 Å². The number of hydrogen-bond donors (Lipinski definition) is 8. The topological polar surface area (TPSA) is 328 Å². The van der Waals surface area contributed by atoms with Gasteiger partial charge in [0.25, 0.3) is 0 Å². The summed E-state index contributed by atoms with van der Waals surface area (Å²) in [6.45, 7) is 9.63. The second kappa shape index (κ2) is 38.2. The van der Waals surface area contributed by atoms with Crippen LogP contribution in [0.5, 0.6) is 0 Å². The number of hydroxylamine groups is 2. The number of rotatable bonds is 43. The number of hydrogen-bond acceptors (Lipinski definition) is 19. The number of imide groups is 1. The van der Waals surface area contributed by atoms with Crippen molar-refractivity contribution in [1.29, 1.82) is 0 Å². The smallest absolute Gasteiger partial charge is 0.325 e. The molecule has 0 saturated carbocycles. The number of morpholine rings is 1. The molecule has 6 unspecified atom stereocenters. The molecule has 0 spiro atoms. The summed E-state index contributed by atoms with van der Waals surface area (Å²) < 4.78 is 45.3. The fourth-order valence-corrected chi connectivity index (χ4v) is 8.63. The molecule has 2 heterocycles. The number of thioether (sulfide) groups is 1. The van der Waals surface area contributed by atoms with Crippen molar-refractivity contribution in [2.45, 2.75) is 147 Å². The van der Waals surface area contributed by atoms with Gasteiger partial charge in [0.05, 0.1) is 77.4 Å². The molecule has 2 rings (SSSR count). The van der Waals surface area contributed by atoms with Crippen LogP contribution in [0.15, 0.2) is 0 Å². The van der Waals surface area contributed by atoms with E-state index in [1.54, 1.807) is 0 Å². The van der Waals surface area contributed by atoms with Crippen molar-refractivity contribution in [3.8, 4) is 0 Å². The van der Waals surface area contributed by atoms with E-state index < -0.39 is 73.3 Å². The zero-order chi connectivity index (χ0) is 54.8. The Hall–Kier alpha value is -3.37. The highest BCUT2D eigenvalue weighted by Crippen LogP contribution is 2.37. The maximum Gasteiger partial charge on any atom is 0.325 e. The second-order valence-corrected chi connectivity index (χ2v) is 21.3. The number of nitrogens with one attached hydrogen (secondary N) is 5. The van der Waals surface area contributed by atoms with E-state index in [1.165, 1.54) is 18.7 Å². The minimum absolute atomic E-state index is 0.0260. The Bertz CT molecular complexity index is 1660. The van der Waals surface area contributed by atoms with Crippen molar-refractivity contribution >= 4 is 60.7 Å². The molecule has 0 radical (unpaired) electrons. The molecule has 7 amide bonds. The van der Waals surface area contributed by atoms with Gasteiger partial charge in [0.1, 0.15) is 11.6 Å². The molecule has 6 atom stereocenters. The molecule has 2 aliphatic heterocycles. The molecule has 25 nitrogen and oxygen atoms in total. The molecule has 0 bridgehead atoms. The fraction of sp³-hybridized carbons (Fsp3) is 0.851. The Morgan fingerprint density at radius 3 is 1.69 bits per heavy atom. The van der Waals surface area contributed by atoms with Gasteiger partial charge in [-0.2, -0.15) is 0 Å². The quantitative estimate of drug-likeness (QED) is 0.0234. The zero-order valence-electron chi connectivity index (χ0n) is 44.1. The summed E-state index contributed by atoms with van der Waals surface area (Å²) in [7, 11) is -3.85. The third-order valence-electron chi connectivity index (χ3n) is 11.3. The van der Waals surface area contributed by atoms with Gasteiger partial charge in [-0.15, -0.1) is 16.8 Å². The number of aliphatic hydroxyl groups is 2. The predicted molar refractivity (Wildman–Crippen MR) is 272 cm³/mol. The van der Waals surface area contributed by atoms with Crippen LogP contribution in [-0.4, -0.2) is 213 Å². The number of likely N-dealkylation sites (tertiary alicyclic amines) is 1. The summed E-state index contributed by atoms with van der Waals surface area (Å²) in [6, 6.07) is 0. The van der Waals surface area contributed by atoms with Crippen molar-refractivity contribution < 1.29 is 86.3 Å². The average molecular weight is 1100 g/mol. The van der Waals surface area contributed by atoms with E-state index in [-0.39, 0.29) is 129 Å². The lowest BCUT2D eigenvalue weighted by Gasteiger charge is -2.43. The molecular formula is C47H86N7O18PS. The van der Waals surface area contributed by atoms with Crippen LogP contribution in [0, 0.1) is 0 Å². The minimum atomic E-state index is -3.85. The first-order chi connectivity index (χ1) is 35.3. The molecule has 0 aliphatic carbocycles. The van der Waals surface area contributed by atoms with Gasteiger partial charge in [0.15, 0.2) is 12.5 Å². The van der Waals surface area contributed by atoms with Crippen LogP contribution in [0.25, 0.3) is 0 Å². The number of carbonyl (C=O) groups is 7. The van der Waals surface area contributed by atoms with Gasteiger partial charge >= 0.3 is 7.60 Å². The third-order valence-corrected chi connectivity index (χ3v) is 13.2. The molecule has 0 aromatic heterocycles. The molecule has 74 heavy (non-hydrogen) atoms. The van der Waals surface area contributed by atoms with Crippen LogP contribution in [0.3, 0.4) is 0 Å². The number of aliphatic hydroxyl groups excluding tert-OH is 2. The highest BCUT2D eigenvalue weighted by Gasteiger charge is 2.43. The van der Waals surface area contributed by atoms with Gasteiger partial charge in [-0.1, -0.05) is 40.0 Å². The SMILES string of the molecule is CCCCNC(=O)CCOCC(COCCC(=O)NCCCC)(COCCC(=O)NCCCC)NC(=O)CCOCCNC(=O)CCN1C(=O)CC(SCCCON2C(O)C(C)OC(COP(C)(=O)O)C2O)C1=O. The Morgan fingerprint density at radius 2 is 1.18 bits per heavy atom. The summed E-state index contributed by atoms with van der Waals surface area (Å²) >= 11 is 1.24. The first-order valence-electron chi connectivity index (χ1n) is 25.9. The van der Waals surface area contributed by atoms with Crippen LogP contribution in [0.1, 0.15) is 111 Å². The number of ether oxygens (including phenoxy) is 5. The van der Waals surface area contributed by atoms with Gasteiger partial charge in [0.2, 0.25) is 41.4 Å². The Kier molecular flexibility index (Phi) is 34.5. The Balaban J connectivity index is 1.85.